The minimum atomic E-state index is -3.67. The molecule has 2 aromatic rings. The van der Waals surface area contributed by atoms with E-state index in [0.29, 0.717) is 44.7 Å². The van der Waals surface area contributed by atoms with E-state index in [-0.39, 0.29) is 22.6 Å². The molecule has 2 fully saturated rings. The summed E-state index contributed by atoms with van der Waals surface area (Å²) >= 11 is 0. The molecule has 2 amide bonds. The van der Waals surface area contributed by atoms with Gasteiger partial charge in [0.15, 0.2) is 0 Å². The molecule has 7 nitrogen and oxygen atoms in total. The maximum absolute atomic E-state index is 13.2. The summed E-state index contributed by atoms with van der Waals surface area (Å²) in [6, 6.07) is 16.2. The van der Waals surface area contributed by atoms with Crippen LogP contribution in [0.1, 0.15) is 37.7 Å². The number of anilines is 1. The Labute approximate surface area is 195 Å². The zero-order valence-corrected chi connectivity index (χ0v) is 19.6. The van der Waals surface area contributed by atoms with Crippen molar-refractivity contribution in [3.63, 3.8) is 0 Å². The largest absolute Gasteiger partial charge is 0.342 e. The Morgan fingerprint density at radius 2 is 1.58 bits per heavy atom. The molecule has 0 spiro atoms. The molecule has 0 aliphatic carbocycles. The second-order valence-corrected chi connectivity index (χ2v) is 10.7. The van der Waals surface area contributed by atoms with Gasteiger partial charge >= 0.3 is 0 Å². The van der Waals surface area contributed by atoms with Gasteiger partial charge in [0.25, 0.3) is 0 Å². The van der Waals surface area contributed by atoms with Gasteiger partial charge in [0.05, 0.1) is 18.0 Å². The van der Waals surface area contributed by atoms with Crippen LogP contribution in [0, 0.1) is 5.92 Å². The molecule has 1 unspecified atom stereocenters. The van der Waals surface area contributed by atoms with Gasteiger partial charge in [-0.2, -0.15) is 4.31 Å². The van der Waals surface area contributed by atoms with Crippen molar-refractivity contribution in [1.82, 2.24) is 9.21 Å². The number of para-hydroxylation sites is 1. The molecule has 0 bridgehead atoms. The van der Waals surface area contributed by atoms with Crippen LogP contribution in [0.25, 0.3) is 0 Å². The maximum Gasteiger partial charge on any atom is 0.245 e. The summed E-state index contributed by atoms with van der Waals surface area (Å²) in [7, 11) is -3.67. The monoisotopic (exact) mass is 469 g/mol. The highest BCUT2D eigenvalue weighted by Gasteiger charge is 2.31. The first-order valence-corrected chi connectivity index (χ1v) is 13.1. The molecule has 2 saturated heterocycles. The minimum Gasteiger partial charge on any atom is -0.342 e. The first-order valence-electron chi connectivity index (χ1n) is 11.7. The molecule has 2 heterocycles. The average Bonchev–Trinajstić information content (AvgIpc) is 2.85. The van der Waals surface area contributed by atoms with Crippen molar-refractivity contribution in [3.05, 3.63) is 60.2 Å². The summed E-state index contributed by atoms with van der Waals surface area (Å²) in [6.07, 6.45) is 4.46. The van der Waals surface area contributed by atoms with Gasteiger partial charge in [0.1, 0.15) is 4.90 Å². The predicted molar refractivity (Wildman–Crippen MR) is 127 cm³/mol. The lowest BCUT2D eigenvalue weighted by atomic mass is 9.96. The fraction of sp³-hybridized carbons (Fsp3) is 0.440. The zero-order chi connectivity index (χ0) is 23.3. The number of hydrogen-bond donors (Lipinski definition) is 1. The number of likely N-dealkylation sites (tertiary alicyclic amines) is 1. The molecular formula is C25H31N3O4S. The van der Waals surface area contributed by atoms with E-state index in [4.69, 9.17) is 0 Å². The quantitative estimate of drug-likeness (QED) is 0.703. The van der Waals surface area contributed by atoms with Gasteiger partial charge in [0.2, 0.25) is 21.8 Å². The summed E-state index contributed by atoms with van der Waals surface area (Å²) < 4.78 is 27.9. The normalized spacial score (nSPS) is 19.8. The average molecular weight is 470 g/mol. The first-order chi connectivity index (χ1) is 15.9. The fourth-order valence-electron chi connectivity index (χ4n) is 4.57. The third-order valence-electron chi connectivity index (χ3n) is 6.42. The number of nitrogens with one attached hydrogen (secondary N) is 1. The number of rotatable bonds is 6. The van der Waals surface area contributed by atoms with Crippen LogP contribution in [0.5, 0.6) is 0 Å². The van der Waals surface area contributed by atoms with Crippen molar-refractivity contribution in [2.24, 2.45) is 5.92 Å². The smallest absolute Gasteiger partial charge is 0.245 e. The van der Waals surface area contributed by atoms with Gasteiger partial charge in [-0.05, 0) is 43.4 Å². The second kappa shape index (κ2) is 10.5. The van der Waals surface area contributed by atoms with E-state index < -0.39 is 10.0 Å². The van der Waals surface area contributed by atoms with Gasteiger partial charge in [-0.25, -0.2) is 8.42 Å². The van der Waals surface area contributed by atoms with Crippen molar-refractivity contribution < 1.29 is 18.0 Å². The second-order valence-electron chi connectivity index (χ2n) is 8.79. The summed E-state index contributed by atoms with van der Waals surface area (Å²) in [4.78, 5) is 27.7. The number of piperidine rings is 2. The van der Waals surface area contributed by atoms with Gasteiger partial charge in [-0.1, -0.05) is 48.9 Å². The van der Waals surface area contributed by atoms with Gasteiger partial charge < -0.3 is 10.2 Å². The molecule has 8 heteroatoms. The van der Waals surface area contributed by atoms with Crippen LogP contribution in [-0.4, -0.2) is 55.6 Å². The molecular weight excluding hydrogens is 438 g/mol. The van der Waals surface area contributed by atoms with E-state index in [1.165, 1.54) is 4.31 Å². The number of benzene rings is 2. The summed E-state index contributed by atoms with van der Waals surface area (Å²) in [6.45, 7) is 1.99. The molecule has 2 aliphatic rings. The molecule has 1 atom stereocenters. The fourth-order valence-corrected chi connectivity index (χ4v) is 6.24. The van der Waals surface area contributed by atoms with E-state index >= 15 is 0 Å². The van der Waals surface area contributed by atoms with Crippen molar-refractivity contribution in [2.75, 3.05) is 31.5 Å². The zero-order valence-electron chi connectivity index (χ0n) is 18.8. The lowest BCUT2D eigenvalue weighted by Crippen LogP contribution is -2.44. The van der Waals surface area contributed by atoms with E-state index in [1.807, 2.05) is 30.3 Å². The minimum absolute atomic E-state index is 0.00627. The predicted octanol–water partition coefficient (Wildman–Crippen LogP) is 3.28. The van der Waals surface area contributed by atoms with E-state index in [0.717, 1.165) is 31.2 Å². The Balaban J connectivity index is 1.43. The standard InChI is InChI=1S/C25H31N3O4S/c29-24(18-20-10-3-1-4-11-20)27-15-9-12-21(19-27)25(30)26-22-13-5-6-14-23(22)33(31,32)28-16-7-2-8-17-28/h1,3-6,10-11,13-14,21H,2,7-9,12,15-19H2,(H,26,30). The number of hydrogen-bond acceptors (Lipinski definition) is 4. The van der Waals surface area contributed by atoms with Gasteiger partial charge in [-0.15, -0.1) is 0 Å². The number of carbonyl (C=O) groups excluding carboxylic acids is 2. The Bertz CT molecular complexity index is 1080. The van der Waals surface area contributed by atoms with E-state index in [1.54, 1.807) is 29.2 Å². The SMILES string of the molecule is O=C(Nc1ccccc1S(=O)(=O)N1CCCCC1)C1CCCN(C(=O)Cc2ccccc2)C1. The van der Waals surface area contributed by atoms with Crippen LogP contribution in [0.3, 0.4) is 0 Å². The lowest BCUT2D eigenvalue weighted by Gasteiger charge is -2.32. The van der Waals surface area contributed by atoms with Crippen molar-refractivity contribution in [2.45, 2.75) is 43.4 Å². The highest BCUT2D eigenvalue weighted by molar-refractivity contribution is 7.89. The molecule has 2 aliphatic heterocycles. The molecule has 0 aromatic heterocycles. The number of carbonyl (C=O) groups is 2. The van der Waals surface area contributed by atoms with Crippen LogP contribution in [0.2, 0.25) is 0 Å². The van der Waals surface area contributed by atoms with E-state index in [9.17, 15) is 18.0 Å². The molecule has 4 rings (SSSR count). The molecule has 176 valence electrons. The van der Waals surface area contributed by atoms with Gasteiger partial charge in [0, 0.05) is 26.2 Å². The van der Waals surface area contributed by atoms with Crippen LogP contribution in [0.15, 0.2) is 59.5 Å². The van der Waals surface area contributed by atoms with Crippen LogP contribution in [0.4, 0.5) is 5.69 Å². The van der Waals surface area contributed by atoms with Gasteiger partial charge in [-0.3, -0.25) is 9.59 Å². The summed E-state index contributed by atoms with van der Waals surface area (Å²) in [5, 5.41) is 2.85. The Morgan fingerprint density at radius 1 is 0.879 bits per heavy atom. The van der Waals surface area contributed by atoms with Crippen molar-refractivity contribution in [3.8, 4) is 0 Å². The number of amides is 2. The van der Waals surface area contributed by atoms with E-state index in [2.05, 4.69) is 5.32 Å². The van der Waals surface area contributed by atoms with Crippen LogP contribution < -0.4 is 5.32 Å². The topological polar surface area (TPSA) is 86.8 Å². The van der Waals surface area contributed by atoms with Crippen molar-refractivity contribution >= 4 is 27.5 Å². The Morgan fingerprint density at radius 3 is 2.33 bits per heavy atom. The Kier molecular flexibility index (Phi) is 7.45. The molecule has 1 N–H and O–H groups in total. The first kappa shape index (κ1) is 23.4. The van der Waals surface area contributed by atoms with Crippen molar-refractivity contribution in [1.29, 1.82) is 0 Å². The third-order valence-corrected chi connectivity index (χ3v) is 8.38. The molecule has 33 heavy (non-hydrogen) atoms. The molecule has 2 aromatic carbocycles. The maximum atomic E-state index is 13.2. The highest BCUT2D eigenvalue weighted by Crippen LogP contribution is 2.28. The highest BCUT2D eigenvalue weighted by atomic mass is 32.2. The summed E-state index contributed by atoms with van der Waals surface area (Å²) in [5.74, 6) is -0.607. The molecule has 0 saturated carbocycles. The Hall–Kier alpha value is -2.71. The number of nitrogens with zero attached hydrogens (tertiary/aromatic N) is 2. The van der Waals surface area contributed by atoms with Crippen LogP contribution >= 0.6 is 0 Å². The summed E-state index contributed by atoms with van der Waals surface area (Å²) in [5.41, 5.74) is 1.26. The number of sulfonamides is 1. The lowest BCUT2D eigenvalue weighted by molar-refractivity contribution is -0.133. The third kappa shape index (κ3) is 5.62. The van der Waals surface area contributed by atoms with Crippen LogP contribution in [-0.2, 0) is 26.0 Å². The molecule has 0 radical (unpaired) electrons.